The summed E-state index contributed by atoms with van der Waals surface area (Å²) in [5.41, 5.74) is 7.98. The van der Waals surface area contributed by atoms with E-state index < -0.39 is 0 Å². The highest BCUT2D eigenvalue weighted by Crippen LogP contribution is 2.30. The van der Waals surface area contributed by atoms with Gasteiger partial charge in [0, 0.05) is 30.5 Å². The molecule has 1 aromatic carbocycles. The van der Waals surface area contributed by atoms with E-state index in [0.717, 1.165) is 38.1 Å². The van der Waals surface area contributed by atoms with Crippen LogP contribution in [0, 0.1) is 0 Å². The third-order valence-electron chi connectivity index (χ3n) is 4.00. The maximum atomic E-state index is 5.94. The van der Waals surface area contributed by atoms with Gasteiger partial charge in [-0.3, -0.25) is 4.90 Å². The van der Waals surface area contributed by atoms with Crippen molar-refractivity contribution in [1.82, 2.24) is 4.90 Å². The molecule has 0 saturated heterocycles. The van der Waals surface area contributed by atoms with Gasteiger partial charge in [0.25, 0.3) is 0 Å². The lowest BCUT2D eigenvalue weighted by molar-refractivity contribution is 0.239. The summed E-state index contributed by atoms with van der Waals surface area (Å²) in [6, 6.07) is 8.38. The molecule has 2 aromatic rings. The molecule has 1 aliphatic heterocycles. The summed E-state index contributed by atoms with van der Waals surface area (Å²) in [4.78, 5) is 2.54. The molecule has 1 aliphatic rings. The molecule has 0 atom stereocenters. The molecule has 0 unspecified atom stereocenters. The van der Waals surface area contributed by atoms with Gasteiger partial charge in [-0.2, -0.15) is 0 Å². The summed E-state index contributed by atoms with van der Waals surface area (Å²) in [5.74, 6) is 1.19. The third kappa shape index (κ3) is 2.67. The summed E-state index contributed by atoms with van der Waals surface area (Å²) in [6.07, 6.45) is 4.68. The molecule has 0 amide bonds. The number of nitrogens with two attached hydrogens (primary N) is 1. The normalized spacial score (nSPS) is 15.8. The summed E-state index contributed by atoms with van der Waals surface area (Å²) < 4.78 is 5.94. The third-order valence-corrected chi connectivity index (χ3v) is 4.00. The van der Waals surface area contributed by atoms with Crippen LogP contribution in [0.3, 0.4) is 0 Å². The summed E-state index contributed by atoms with van der Waals surface area (Å²) in [7, 11) is 0. The lowest BCUT2D eigenvalue weighted by atomic mass is 10.0. The van der Waals surface area contributed by atoms with Crippen LogP contribution in [-0.4, -0.2) is 24.5 Å². The monoisotopic (exact) mass is 258 g/mol. The minimum atomic E-state index is 0.816. The Morgan fingerprint density at radius 3 is 2.95 bits per heavy atom. The maximum Gasteiger partial charge on any atom is 0.134 e. The van der Waals surface area contributed by atoms with Gasteiger partial charge in [0.15, 0.2) is 0 Å². The van der Waals surface area contributed by atoms with E-state index >= 15 is 0 Å². The van der Waals surface area contributed by atoms with E-state index in [0.29, 0.717) is 0 Å². The first-order valence-corrected chi connectivity index (χ1v) is 7.30. The van der Waals surface area contributed by atoms with Gasteiger partial charge >= 0.3 is 0 Å². The Morgan fingerprint density at radius 1 is 1.16 bits per heavy atom. The Balaban J connectivity index is 1.69. The number of rotatable bonds is 5. The zero-order valence-electron chi connectivity index (χ0n) is 11.4. The second-order valence-electron chi connectivity index (χ2n) is 5.38. The van der Waals surface area contributed by atoms with E-state index in [9.17, 15) is 0 Å². The average Bonchev–Trinajstić information content (AvgIpc) is 2.82. The van der Waals surface area contributed by atoms with Crippen LogP contribution in [0.15, 0.2) is 28.7 Å². The Bertz CT molecular complexity index is 547. The smallest absolute Gasteiger partial charge is 0.134 e. The number of fused-ring (bicyclic) bond motifs is 3. The van der Waals surface area contributed by atoms with E-state index in [2.05, 4.69) is 23.1 Å². The molecule has 19 heavy (non-hydrogen) atoms. The molecule has 0 fully saturated rings. The largest absolute Gasteiger partial charge is 0.461 e. The Kier molecular flexibility index (Phi) is 3.85. The van der Waals surface area contributed by atoms with Crippen molar-refractivity contribution in [3.05, 3.63) is 35.6 Å². The number of benzene rings is 1. The number of hydrogen-bond donors (Lipinski definition) is 1. The fraction of sp³-hybridized carbons (Fsp3) is 0.500. The van der Waals surface area contributed by atoms with Crippen LogP contribution in [0.5, 0.6) is 0 Å². The van der Waals surface area contributed by atoms with Crippen molar-refractivity contribution in [2.75, 3.05) is 19.6 Å². The van der Waals surface area contributed by atoms with Gasteiger partial charge in [-0.1, -0.05) is 24.6 Å². The molecule has 3 rings (SSSR count). The Labute approximate surface area is 114 Å². The topological polar surface area (TPSA) is 42.4 Å². The molecule has 3 heteroatoms. The predicted octanol–water partition coefficient (Wildman–Crippen LogP) is 2.92. The summed E-state index contributed by atoms with van der Waals surface area (Å²) in [6.45, 7) is 4.15. The lowest BCUT2D eigenvalue weighted by Gasteiger charge is -2.26. The minimum Gasteiger partial charge on any atom is -0.461 e. The van der Waals surface area contributed by atoms with Crippen molar-refractivity contribution in [2.24, 2.45) is 5.73 Å². The SMILES string of the molecule is NCCCCCN1CCc2oc3ccccc3c2C1. The zero-order valence-corrected chi connectivity index (χ0v) is 11.4. The number of unbranched alkanes of at least 4 members (excludes halogenated alkanes) is 2. The van der Waals surface area contributed by atoms with Gasteiger partial charge in [0.1, 0.15) is 11.3 Å². The van der Waals surface area contributed by atoms with Crippen molar-refractivity contribution in [3.63, 3.8) is 0 Å². The van der Waals surface area contributed by atoms with Crippen LogP contribution >= 0.6 is 0 Å². The molecule has 0 radical (unpaired) electrons. The first-order chi connectivity index (χ1) is 9.38. The van der Waals surface area contributed by atoms with Crippen LogP contribution in [0.2, 0.25) is 0 Å². The maximum absolute atomic E-state index is 5.94. The van der Waals surface area contributed by atoms with E-state index in [4.69, 9.17) is 10.2 Å². The second kappa shape index (κ2) is 5.76. The lowest BCUT2D eigenvalue weighted by Crippen LogP contribution is -2.30. The van der Waals surface area contributed by atoms with Crippen LogP contribution in [0.25, 0.3) is 11.0 Å². The van der Waals surface area contributed by atoms with Gasteiger partial charge in [-0.05, 0) is 32.0 Å². The molecule has 0 aliphatic carbocycles. The first kappa shape index (κ1) is 12.7. The fourth-order valence-corrected chi connectivity index (χ4v) is 2.93. The van der Waals surface area contributed by atoms with Crippen molar-refractivity contribution >= 4 is 11.0 Å². The van der Waals surface area contributed by atoms with Crippen LogP contribution in [0.4, 0.5) is 0 Å². The van der Waals surface area contributed by atoms with E-state index in [-0.39, 0.29) is 0 Å². The molecular formula is C16H22N2O. The summed E-state index contributed by atoms with van der Waals surface area (Å²) in [5, 5.41) is 1.30. The molecule has 1 aromatic heterocycles. The molecule has 0 saturated carbocycles. The van der Waals surface area contributed by atoms with Crippen molar-refractivity contribution in [3.8, 4) is 0 Å². The van der Waals surface area contributed by atoms with Crippen molar-refractivity contribution in [1.29, 1.82) is 0 Å². The molecule has 0 spiro atoms. The first-order valence-electron chi connectivity index (χ1n) is 7.30. The molecule has 2 heterocycles. The highest BCUT2D eigenvalue weighted by atomic mass is 16.3. The molecule has 2 N–H and O–H groups in total. The number of hydrogen-bond acceptors (Lipinski definition) is 3. The van der Waals surface area contributed by atoms with Crippen molar-refractivity contribution < 1.29 is 4.42 Å². The predicted molar refractivity (Wildman–Crippen MR) is 78.1 cm³/mol. The van der Waals surface area contributed by atoms with Crippen molar-refractivity contribution in [2.45, 2.75) is 32.2 Å². The van der Waals surface area contributed by atoms with Crippen LogP contribution in [-0.2, 0) is 13.0 Å². The Morgan fingerprint density at radius 2 is 2.05 bits per heavy atom. The van der Waals surface area contributed by atoms with E-state index in [1.54, 1.807) is 0 Å². The number of para-hydroxylation sites is 1. The standard InChI is InChI=1S/C16H22N2O/c17-9-4-1-5-10-18-11-8-16-14(12-18)13-6-2-3-7-15(13)19-16/h2-3,6-7H,1,4-5,8-12,17H2. The Hall–Kier alpha value is -1.32. The summed E-state index contributed by atoms with van der Waals surface area (Å²) >= 11 is 0. The quantitative estimate of drug-likeness (QED) is 0.838. The van der Waals surface area contributed by atoms with Gasteiger partial charge in [0.2, 0.25) is 0 Å². The van der Waals surface area contributed by atoms with Gasteiger partial charge in [-0.25, -0.2) is 0 Å². The van der Waals surface area contributed by atoms with Gasteiger partial charge in [0.05, 0.1) is 0 Å². The highest BCUT2D eigenvalue weighted by molar-refractivity contribution is 5.82. The average molecular weight is 258 g/mol. The number of furan rings is 1. The molecule has 102 valence electrons. The zero-order chi connectivity index (χ0) is 13.1. The van der Waals surface area contributed by atoms with Crippen LogP contribution in [0.1, 0.15) is 30.6 Å². The van der Waals surface area contributed by atoms with E-state index in [1.807, 2.05) is 6.07 Å². The molecule has 3 nitrogen and oxygen atoms in total. The number of nitrogens with zero attached hydrogens (tertiary/aromatic N) is 1. The minimum absolute atomic E-state index is 0.816. The van der Waals surface area contributed by atoms with E-state index in [1.165, 1.54) is 36.1 Å². The van der Waals surface area contributed by atoms with Gasteiger partial charge < -0.3 is 10.2 Å². The molecule has 0 bridgehead atoms. The van der Waals surface area contributed by atoms with Gasteiger partial charge in [-0.15, -0.1) is 0 Å². The fourth-order valence-electron chi connectivity index (χ4n) is 2.93. The highest BCUT2D eigenvalue weighted by Gasteiger charge is 2.21. The van der Waals surface area contributed by atoms with Crippen LogP contribution < -0.4 is 5.73 Å². The molecular weight excluding hydrogens is 236 g/mol. The second-order valence-corrected chi connectivity index (χ2v) is 5.38.